The Balaban J connectivity index is 1.78. The zero-order chi connectivity index (χ0) is 16.9. The van der Waals surface area contributed by atoms with Crippen molar-refractivity contribution in [2.24, 2.45) is 0 Å². The van der Waals surface area contributed by atoms with Crippen LogP contribution in [0, 0.1) is 6.92 Å². The van der Waals surface area contributed by atoms with Gasteiger partial charge in [-0.15, -0.1) is 11.3 Å². The molecule has 0 aliphatic heterocycles. The fraction of sp³-hybridized carbons (Fsp3) is 0.500. The van der Waals surface area contributed by atoms with Crippen molar-refractivity contribution in [3.63, 3.8) is 0 Å². The highest BCUT2D eigenvalue weighted by Crippen LogP contribution is 2.33. The maximum absolute atomic E-state index is 12.1. The van der Waals surface area contributed by atoms with E-state index in [0.29, 0.717) is 11.5 Å². The molecule has 3 rings (SSSR count). The predicted molar refractivity (Wildman–Crippen MR) is 97.8 cm³/mol. The Morgan fingerprint density at radius 3 is 3.00 bits per heavy atom. The van der Waals surface area contributed by atoms with E-state index in [1.165, 1.54) is 42.6 Å². The first-order valence-electron chi connectivity index (χ1n) is 8.53. The third kappa shape index (κ3) is 3.59. The quantitative estimate of drug-likeness (QED) is 0.618. The van der Waals surface area contributed by atoms with Gasteiger partial charge in [-0.3, -0.25) is 0 Å². The first-order valence-corrected chi connectivity index (χ1v) is 9.35. The maximum Gasteiger partial charge on any atom is 0.348 e. The second-order valence-corrected chi connectivity index (χ2v) is 6.96. The zero-order valence-corrected chi connectivity index (χ0v) is 15.0. The number of hydrogen-bond acceptors (Lipinski definition) is 6. The lowest BCUT2D eigenvalue weighted by Crippen LogP contribution is -2.07. The van der Waals surface area contributed by atoms with Gasteiger partial charge in [0.15, 0.2) is 0 Å². The average Bonchev–Trinajstić information content (AvgIpc) is 2.94. The Hall–Kier alpha value is -1.95. The van der Waals surface area contributed by atoms with Crippen LogP contribution >= 0.6 is 11.3 Å². The topological polar surface area (TPSA) is 64.1 Å². The van der Waals surface area contributed by atoms with Gasteiger partial charge in [0.05, 0.1) is 12.0 Å². The van der Waals surface area contributed by atoms with E-state index < -0.39 is 0 Å². The van der Waals surface area contributed by atoms with Crippen molar-refractivity contribution < 1.29 is 9.53 Å². The number of esters is 1. The van der Waals surface area contributed by atoms with Crippen LogP contribution in [0.4, 0.5) is 5.82 Å². The van der Waals surface area contributed by atoms with Crippen molar-refractivity contribution in [3.05, 3.63) is 28.4 Å². The van der Waals surface area contributed by atoms with Gasteiger partial charge in [0.25, 0.3) is 0 Å². The lowest BCUT2D eigenvalue weighted by molar-refractivity contribution is 0.0531. The molecular formula is C18H23N3O2S. The van der Waals surface area contributed by atoms with Crippen LogP contribution in [0.3, 0.4) is 0 Å². The molecule has 0 bridgehead atoms. The van der Waals surface area contributed by atoms with Gasteiger partial charge in [-0.25, -0.2) is 14.8 Å². The fourth-order valence-corrected chi connectivity index (χ4v) is 4.11. The summed E-state index contributed by atoms with van der Waals surface area (Å²) in [6, 6.07) is 0. The number of hydrogen-bond donors (Lipinski definition) is 1. The number of ether oxygens (including phenoxy) is 1. The number of carbonyl (C=O) groups is 1. The summed E-state index contributed by atoms with van der Waals surface area (Å²) in [7, 11) is 0. The van der Waals surface area contributed by atoms with Crippen molar-refractivity contribution in [2.75, 3.05) is 18.5 Å². The molecule has 0 fully saturated rings. The summed E-state index contributed by atoms with van der Waals surface area (Å²) in [4.78, 5) is 22.2. The van der Waals surface area contributed by atoms with Gasteiger partial charge < -0.3 is 10.1 Å². The average molecular weight is 345 g/mol. The number of nitrogens with zero attached hydrogens (tertiary/aromatic N) is 2. The van der Waals surface area contributed by atoms with Gasteiger partial charge in [-0.2, -0.15) is 0 Å². The van der Waals surface area contributed by atoms with Crippen molar-refractivity contribution in [3.8, 4) is 0 Å². The summed E-state index contributed by atoms with van der Waals surface area (Å²) in [5, 5.41) is 4.36. The number of nitrogens with one attached hydrogen (secondary N) is 1. The molecule has 0 radical (unpaired) electrons. The molecule has 24 heavy (non-hydrogen) atoms. The molecule has 2 aromatic heterocycles. The van der Waals surface area contributed by atoms with Crippen LogP contribution in [-0.2, 0) is 4.74 Å². The number of aryl methyl sites for hydroxylation is 1. The number of aromatic nitrogens is 2. The number of rotatable bonds is 6. The third-order valence-corrected chi connectivity index (χ3v) is 5.49. The van der Waals surface area contributed by atoms with Crippen molar-refractivity contribution in [1.29, 1.82) is 0 Å². The molecule has 0 unspecified atom stereocenters. The summed E-state index contributed by atoms with van der Waals surface area (Å²) in [5.41, 5.74) is 2.43. The standard InChI is InChI=1S/C18H23N3O2S/c1-3-23-18(22)15-12(2)14-16(20-11-21-17(14)24-15)19-10-9-13-7-5-4-6-8-13/h7,11H,3-6,8-10H2,1-2H3,(H,19,20,21). The number of allylic oxidation sites excluding steroid dienone is 1. The van der Waals surface area contributed by atoms with Crippen LogP contribution in [0.15, 0.2) is 18.0 Å². The molecule has 0 saturated carbocycles. The molecule has 1 aliphatic rings. The first-order chi connectivity index (χ1) is 11.7. The molecule has 2 heterocycles. The molecule has 6 heteroatoms. The molecule has 1 N–H and O–H groups in total. The molecule has 128 valence electrons. The van der Waals surface area contributed by atoms with E-state index in [4.69, 9.17) is 4.74 Å². The second-order valence-electron chi connectivity index (χ2n) is 5.96. The SMILES string of the molecule is CCOC(=O)c1sc2ncnc(NCCC3=CCCCC3)c2c1C. The Kier molecular flexibility index (Phi) is 5.45. The molecule has 2 aromatic rings. The van der Waals surface area contributed by atoms with Gasteiger partial charge in [-0.05, 0) is 51.5 Å². The number of thiophene rings is 1. The van der Waals surface area contributed by atoms with Gasteiger partial charge in [0, 0.05) is 6.54 Å². The Morgan fingerprint density at radius 2 is 2.25 bits per heavy atom. The van der Waals surface area contributed by atoms with Crippen LogP contribution < -0.4 is 5.32 Å². The highest BCUT2D eigenvalue weighted by molar-refractivity contribution is 7.20. The molecular weight excluding hydrogens is 322 g/mol. The van der Waals surface area contributed by atoms with Crippen LogP contribution in [0.25, 0.3) is 10.2 Å². The van der Waals surface area contributed by atoms with Crippen LogP contribution in [0.5, 0.6) is 0 Å². The van der Waals surface area contributed by atoms with E-state index in [1.807, 2.05) is 13.8 Å². The zero-order valence-electron chi connectivity index (χ0n) is 14.2. The van der Waals surface area contributed by atoms with Crippen molar-refractivity contribution in [2.45, 2.75) is 46.0 Å². The monoisotopic (exact) mass is 345 g/mol. The van der Waals surface area contributed by atoms with E-state index in [2.05, 4.69) is 21.4 Å². The summed E-state index contributed by atoms with van der Waals surface area (Å²) >= 11 is 1.37. The minimum Gasteiger partial charge on any atom is -0.462 e. The summed E-state index contributed by atoms with van der Waals surface area (Å²) in [5.74, 6) is 0.525. The Morgan fingerprint density at radius 1 is 1.38 bits per heavy atom. The van der Waals surface area contributed by atoms with E-state index in [-0.39, 0.29) is 5.97 Å². The van der Waals surface area contributed by atoms with Gasteiger partial charge in [-0.1, -0.05) is 11.6 Å². The largest absolute Gasteiger partial charge is 0.462 e. The van der Waals surface area contributed by atoms with E-state index in [1.54, 1.807) is 6.33 Å². The van der Waals surface area contributed by atoms with Crippen LogP contribution in [0.2, 0.25) is 0 Å². The Labute approximate surface area is 146 Å². The van der Waals surface area contributed by atoms with Crippen molar-refractivity contribution >= 4 is 33.3 Å². The minimum absolute atomic E-state index is 0.281. The second kappa shape index (κ2) is 7.75. The van der Waals surface area contributed by atoms with E-state index in [9.17, 15) is 4.79 Å². The van der Waals surface area contributed by atoms with Crippen LogP contribution in [-0.4, -0.2) is 29.1 Å². The van der Waals surface area contributed by atoms with Crippen LogP contribution in [0.1, 0.15) is 54.3 Å². The normalized spacial score (nSPS) is 14.5. The predicted octanol–water partition coefficient (Wildman–Crippen LogP) is 4.48. The molecule has 5 nitrogen and oxygen atoms in total. The smallest absolute Gasteiger partial charge is 0.348 e. The molecule has 0 spiro atoms. The molecule has 0 amide bonds. The highest BCUT2D eigenvalue weighted by atomic mass is 32.1. The number of carbonyl (C=O) groups excluding carboxylic acids is 1. The first kappa shape index (κ1) is 16.9. The van der Waals surface area contributed by atoms with E-state index in [0.717, 1.165) is 34.6 Å². The van der Waals surface area contributed by atoms with E-state index >= 15 is 0 Å². The minimum atomic E-state index is -0.281. The van der Waals surface area contributed by atoms with Gasteiger partial charge >= 0.3 is 5.97 Å². The third-order valence-electron chi connectivity index (χ3n) is 4.31. The number of fused-ring (bicyclic) bond motifs is 1. The maximum atomic E-state index is 12.1. The molecule has 1 aliphatic carbocycles. The summed E-state index contributed by atoms with van der Waals surface area (Å²) in [6.45, 7) is 4.97. The Bertz CT molecular complexity index is 767. The van der Waals surface area contributed by atoms with Gasteiger partial charge in [0.1, 0.15) is 21.9 Å². The lowest BCUT2D eigenvalue weighted by atomic mass is 9.97. The number of anilines is 1. The molecule has 0 saturated heterocycles. The van der Waals surface area contributed by atoms with Gasteiger partial charge in [0.2, 0.25) is 0 Å². The highest BCUT2D eigenvalue weighted by Gasteiger charge is 2.20. The summed E-state index contributed by atoms with van der Waals surface area (Å²) < 4.78 is 5.13. The fourth-order valence-electron chi connectivity index (χ4n) is 3.07. The summed E-state index contributed by atoms with van der Waals surface area (Å²) in [6.07, 6.45) is 10.00. The van der Waals surface area contributed by atoms with Crippen molar-refractivity contribution in [1.82, 2.24) is 9.97 Å². The molecule has 0 atom stereocenters. The molecule has 0 aromatic carbocycles. The lowest BCUT2D eigenvalue weighted by Gasteiger charge is -2.13.